The van der Waals surface area contributed by atoms with E-state index in [4.69, 9.17) is 9.47 Å². The molecule has 4 heteroatoms. The Morgan fingerprint density at radius 2 is 1.81 bits per heavy atom. The molecule has 136 valence electrons. The number of fused-ring (bicyclic) bond motifs is 3. The summed E-state index contributed by atoms with van der Waals surface area (Å²) in [5.41, 5.74) is 4.70. The smallest absolute Gasteiger partial charge is 0.231 e. The van der Waals surface area contributed by atoms with E-state index in [9.17, 15) is 0 Å². The van der Waals surface area contributed by atoms with Crippen molar-refractivity contribution in [1.29, 1.82) is 0 Å². The molecular weight excluding hydrogens is 324 g/mol. The van der Waals surface area contributed by atoms with Gasteiger partial charge in [0.05, 0.1) is 0 Å². The predicted octanol–water partition coefficient (Wildman–Crippen LogP) is 3.39. The summed E-state index contributed by atoms with van der Waals surface area (Å²) in [5, 5.41) is 0. The number of piperidine rings is 1. The molecule has 4 nitrogen and oxygen atoms in total. The van der Waals surface area contributed by atoms with Gasteiger partial charge in [0.1, 0.15) is 0 Å². The van der Waals surface area contributed by atoms with Gasteiger partial charge in [-0.2, -0.15) is 0 Å². The lowest BCUT2D eigenvalue weighted by molar-refractivity contribution is 0.105. The first-order chi connectivity index (χ1) is 12.7. The molecular formula is C22H26N2O2. The number of nitrogens with zero attached hydrogens (tertiary/aromatic N) is 2. The van der Waals surface area contributed by atoms with Crippen molar-refractivity contribution in [1.82, 2.24) is 9.80 Å². The fraction of sp³-hybridized carbons (Fsp3) is 0.455. The van der Waals surface area contributed by atoms with Gasteiger partial charge in [-0.3, -0.25) is 4.90 Å². The SMILES string of the molecule is CN1CCC2(CC1)CN(Cc1ccc3c(c1)OCO3)Cc1ccccc12. The average Bonchev–Trinajstić information content (AvgIpc) is 3.12. The molecule has 1 spiro atoms. The lowest BCUT2D eigenvalue weighted by Crippen LogP contribution is -2.51. The number of ether oxygens (including phenoxy) is 2. The maximum absolute atomic E-state index is 5.56. The molecule has 0 unspecified atom stereocenters. The maximum Gasteiger partial charge on any atom is 0.231 e. The van der Waals surface area contributed by atoms with Gasteiger partial charge in [-0.1, -0.05) is 30.3 Å². The Morgan fingerprint density at radius 1 is 1.00 bits per heavy atom. The normalized spacial score (nSPS) is 21.7. The Morgan fingerprint density at radius 3 is 2.69 bits per heavy atom. The number of hydrogen-bond donors (Lipinski definition) is 0. The standard InChI is InChI=1S/C22H26N2O2/c1-23-10-8-22(9-11-23)15-24(14-18-4-2-3-5-19(18)22)13-17-6-7-20-21(12-17)26-16-25-20/h2-7,12H,8-11,13-16H2,1H3. The van der Waals surface area contributed by atoms with E-state index in [-0.39, 0.29) is 0 Å². The van der Waals surface area contributed by atoms with Crippen LogP contribution < -0.4 is 9.47 Å². The van der Waals surface area contributed by atoms with Gasteiger partial charge < -0.3 is 14.4 Å². The molecule has 0 aromatic heterocycles. The van der Waals surface area contributed by atoms with Crippen LogP contribution in [-0.2, 0) is 18.5 Å². The van der Waals surface area contributed by atoms with E-state index < -0.39 is 0 Å². The zero-order chi connectivity index (χ0) is 17.6. The first kappa shape index (κ1) is 16.2. The highest BCUT2D eigenvalue weighted by atomic mass is 16.7. The summed E-state index contributed by atoms with van der Waals surface area (Å²) in [4.78, 5) is 5.08. The second kappa shape index (κ2) is 6.29. The second-order valence-electron chi connectivity index (χ2n) is 8.07. The highest BCUT2D eigenvalue weighted by molar-refractivity contribution is 5.45. The third kappa shape index (κ3) is 2.78. The lowest BCUT2D eigenvalue weighted by Gasteiger charge is -2.48. The van der Waals surface area contributed by atoms with Gasteiger partial charge in [-0.05, 0) is 61.8 Å². The molecule has 0 N–H and O–H groups in total. The van der Waals surface area contributed by atoms with E-state index in [1.54, 1.807) is 5.56 Å². The fourth-order valence-electron chi connectivity index (χ4n) is 4.87. The first-order valence-corrected chi connectivity index (χ1v) is 9.60. The number of rotatable bonds is 2. The largest absolute Gasteiger partial charge is 0.454 e. The molecule has 0 radical (unpaired) electrons. The first-order valence-electron chi connectivity index (χ1n) is 9.60. The molecule has 1 fully saturated rings. The molecule has 0 atom stereocenters. The Balaban J connectivity index is 1.42. The van der Waals surface area contributed by atoms with Gasteiger partial charge in [-0.25, -0.2) is 0 Å². The maximum atomic E-state index is 5.56. The van der Waals surface area contributed by atoms with Crippen molar-refractivity contribution < 1.29 is 9.47 Å². The molecule has 1 saturated heterocycles. The van der Waals surface area contributed by atoms with Crippen LogP contribution in [0.5, 0.6) is 11.5 Å². The predicted molar refractivity (Wildman–Crippen MR) is 102 cm³/mol. The molecule has 2 aromatic rings. The average molecular weight is 350 g/mol. The third-order valence-electron chi connectivity index (χ3n) is 6.30. The summed E-state index contributed by atoms with van der Waals surface area (Å²) in [7, 11) is 2.24. The summed E-state index contributed by atoms with van der Waals surface area (Å²) in [5.74, 6) is 1.75. The quantitative estimate of drug-likeness (QED) is 0.829. The summed E-state index contributed by atoms with van der Waals surface area (Å²) < 4.78 is 11.0. The number of hydrogen-bond acceptors (Lipinski definition) is 4. The van der Waals surface area contributed by atoms with Crippen molar-refractivity contribution in [2.24, 2.45) is 0 Å². The summed E-state index contributed by atoms with van der Waals surface area (Å²) >= 11 is 0. The van der Waals surface area contributed by atoms with Gasteiger partial charge >= 0.3 is 0 Å². The lowest BCUT2D eigenvalue weighted by atomic mass is 9.69. The van der Waals surface area contributed by atoms with Gasteiger partial charge in [0.2, 0.25) is 6.79 Å². The molecule has 3 aliphatic rings. The van der Waals surface area contributed by atoms with Crippen molar-refractivity contribution in [3.8, 4) is 11.5 Å². The van der Waals surface area contributed by atoms with Gasteiger partial charge in [0.15, 0.2) is 11.5 Å². The van der Waals surface area contributed by atoms with E-state index in [1.807, 2.05) is 6.07 Å². The highest BCUT2D eigenvalue weighted by Gasteiger charge is 2.41. The van der Waals surface area contributed by atoms with Crippen molar-refractivity contribution in [3.63, 3.8) is 0 Å². The van der Waals surface area contributed by atoms with E-state index in [0.29, 0.717) is 12.2 Å². The van der Waals surface area contributed by atoms with Crippen LogP contribution in [0.15, 0.2) is 42.5 Å². The molecule has 0 saturated carbocycles. The summed E-state index contributed by atoms with van der Waals surface area (Å²) in [6.07, 6.45) is 2.50. The van der Waals surface area contributed by atoms with E-state index in [1.165, 1.54) is 37.1 Å². The van der Waals surface area contributed by atoms with Crippen molar-refractivity contribution >= 4 is 0 Å². The Hall–Kier alpha value is -2.04. The fourth-order valence-corrected chi connectivity index (χ4v) is 4.87. The molecule has 2 aromatic carbocycles. The second-order valence-corrected chi connectivity index (χ2v) is 8.07. The minimum Gasteiger partial charge on any atom is -0.454 e. The van der Waals surface area contributed by atoms with Crippen molar-refractivity contribution in [2.45, 2.75) is 31.3 Å². The van der Waals surface area contributed by atoms with Crippen LogP contribution in [-0.4, -0.2) is 43.3 Å². The molecule has 0 bridgehead atoms. The zero-order valence-corrected chi connectivity index (χ0v) is 15.4. The summed E-state index contributed by atoms with van der Waals surface area (Å²) in [6.45, 7) is 5.85. The molecule has 0 aliphatic carbocycles. The van der Waals surface area contributed by atoms with Gasteiger partial charge in [0.25, 0.3) is 0 Å². The molecule has 0 amide bonds. The third-order valence-corrected chi connectivity index (χ3v) is 6.30. The highest BCUT2D eigenvalue weighted by Crippen LogP contribution is 2.42. The number of benzene rings is 2. The number of likely N-dealkylation sites (tertiary alicyclic amines) is 1. The molecule has 5 rings (SSSR count). The van der Waals surface area contributed by atoms with Crippen LogP contribution in [0.25, 0.3) is 0 Å². The Labute approximate surface area is 155 Å². The minimum absolute atomic E-state index is 0.303. The van der Waals surface area contributed by atoms with Gasteiger partial charge in [0, 0.05) is 25.0 Å². The zero-order valence-electron chi connectivity index (χ0n) is 15.4. The minimum atomic E-state index is 0.303. The van der Waals surface area contributed by atoms with Crippen molar-refractivity contribution in [2.75, 3.05) is 33.5 Å². The Kier molecular flexibility index (Phi) is 3.91. The Bertz CT molecular complexity index is 812. The molecule has 3 aliphatic heterocycles. The van der Waals surface area contributed by atoms with E-state index in [2.05, 4.69) is 53.2 Å². The molecule has 3 heterocycles. The van der Waals surface area contributed by atoms with Crippen LogP contribution in [0, 0.1) is 0 Å². The van der Waals surface area contributed by atoms with Crippen LogP contribution in [0.2, 0.25) is 0 Å². The monoisotopic (exact) mass is 350 g/mol. The van der Waals surface area contributed by atoms with E-state index in [0.717, 1.165) is 31.1 Å². The van der Waals surface area contributed by atoms with Gasteiger partial charge in [-0.15, -0.1) is 0 Å². The van der Waals surface area contributed by atoms with E-state index >= 15 is 0 Å². The summed E-state index contributed by atoms with van der Waals surface area (Å²) in [6, 6.07) is 15.5. The van der Waals surface area contributed by atoms with Crippen LogP contribution in [0.3, 0.4) is 0 Å². The van der Waals surface area contributed by atoms with Crippen LogP contribution in [0.4, 0.5) is 0 Å². The van der Waals surface area contributed by atoms with Crippen LogP contribution in [0.1, 0.15) is 29.5 Å². The topological polar surface area (TPSA) is 24.9 Å². The van der Waals surface area contributed by atoms with Crippen LogP contribution >= 0.6 is 0 Å². The van der Waals surface area contributed by atoms with Crippen molar-refractivity contribution in [3.05, 3.63) is 59.2 Å². The molecule has 26 heavy (non-hydrogen) atoms.